The van der Waals surface area contributed by atoms with Crippen molar-refractivity contribution < 1.29 is 13.9 Å². The van der Waals surface area contributed by atoms with Gasteiger partial charge in [0.05, 0.1) is 19.1 Å². The molecule has 0 radical (unpaired) electrons. The number of carbonyl (C=O) groups is 1. The fourth-order valence-corrected chi connectivity index (χ4v) is 3.53. The first-order valence-corrected chi connectivity index (χ1v) is 9.03. The van der Waals surface area contributed by atoms with Crippen molar-refractivity contribution >= 4 is 41.0 Å². The average molecular weight is 402 g/mol. The Hall–Kier alpha value is -3.00. The predicted molar refractivity (Wildman–Crippen MR) is 108 cm³/mol. The summed E-state index contributed by atoms with van der Waals surface area (Å²) in [6, 6.07) is 5.71. The molecule has 0 spiro atoms. The summed E-state index contributed by atoms with van der Waals surface area (Å²) in [6.07, 6.45) is 5.10. The largest absolute Gasteiger partial charge is 0.471 e. The SMILES string of the molecule is Cl.O=C1OC(c2cccc3cocc23)=NC1=CN1CCN(C2=NCCN2)CC1. The predicted octanol–water partition coefficient (Wildman–Crippen LogP) is 1.58. The number of aliphatic imine (C=N–C) groups is 2. The van der Waals surface area contributed by atoms with E-state index < -0.39 is 5.97 Å². The molecule has 8 nitrogen and oxygen atoms in total. The van der Waals surface area contributed by atoms with Crippen LogP contribution in [0, 0.1) is 0 Å². The van der Waals surface area contributed by atoms with Gasteiger partial charge in [-0.25, -0.2) is 9.79 Å². The smallest absolute Gasteiger partial charge is 0.365 e. The molecule has 1 fully saturated rings. The van der Waals surface area contributed by atoms with Crippen molar-refractivity contribution in [3.63, 3.8) is 0 Å². The lowest BCUT2D eigenvalue weighted by Crippen LogP contribution is -2.50. The number of guanidine groups is 1. The van der Waals surface area contributed by atoms with Crippen LogP contribution >= 0.6 is 12.4 Å². The van der Waals surface area contributed by atoms with E-state index in [9.17, 15) is 4.79 Å². The van der Waals surface area contributed by atoms with Crippen molar-refractivity contribution in [3.8, 4) is 0 Å². The summed E-state index contributed by atoms with van der Waals surface area (Å²) in [5.41, 5.74) is 1.09. The highest BCUT2D eigenvalue weighted by Gasteiger charge is 2.27. The lowest BCUT2D eigenvalue weighted by molar-refractivity contribution is -0.130. The number of rotatable bonds is 2. The molecule has 1 saturated heterocycles. The van der Waals surface area contributed by atoms with E-state index in [4.69, 9.17) is 9.15 Å². The van der Waals surface area contributed by atoms with Gasteiger partial charge in [-0.3, -0.25) is 4.99 Å². The Kier molecular flexibility index (Phi) is 4.95. The molecule has 28 heavy (non-hydrogen) atoms. The molecule has 9 heteroatoms. The number of nitrogens with zero attached hydrogens (tertiary/aromatic N) is 4. The number of ether oxygens (including phenoxy) is 1. The maximum Gasteiger partial charge on any atom is 0.365 e. The summed E-state index contributed by atoms with van der Waals surface area (Å²) >= 11 is 0. The van der Waals surface area contributed by atoms with Crippen LogP contribution in [-0.4, -0.2) is 66.9 Å². The first kappa shape index (κ1) is 18.4. The number of halogens is 1. The number of hydrogen-bond acceptors (Lipinski definition) is 8. The van der Waals surface area contributed by atoms with Gasteiger partial charge >= 0.3 is 5.97 Å². The van der Waals surface area contributed by atoms with Gasteiger partial charge in [-0.15, -0.1) is 12.4 Å². The van der Waals surface area contributed by atoms with Gasteiger partial charge in [0.25, 0.3) is 0 Å². The van der Waals surface area contributed by atoms with Gasteiger partial charge in [0.15, 0.2) is 11.7 Å². The molecular weight excluding hydrogens is 382 g/mol. The molecule has 0 unspecified atom stereocenters. The highest BCUT2D eigenvalue weighted by atomic mass is 35.5. The van der Waals surface area contributed by atoms with E-state index >= 15 is 0 Å². The van der Waals surface area contributed by atoms with Crippen LogP contribution in [0.1, 0.15) is 5.56 Å². The highest BCUT2D eigenvalue weighted by Crippen LogP contribution is 2.25. The Morgan fingerprint density at radius 1 is 1.14 bits per heavy atom. The van der Waals surface area contributed by atoms with Crippen LogP contribution in [0.3, 0.4) is 0 Å². The van der Waals surface area contributed by atoms with E-state index in [1.165, 1.54) is 0 Å². The molecular formula is C19H20ClN5O3. The van der Waals surface area contributed by atoms with Crippen molar-refractivity contribution in [1.82, 2.24) is 15.1 Å². The van der Waals surface area contributed by atoms with E-state index in [0.29, 0.717) is 11.6 Å². The Morgan fingerprint density at radius 2 is 2.00 bits per heavy atom. The maximum absolute atomic E-state index is 12.3. The molecule has 3 aliphatic rings. The van der Waals surface area contributed by atoms with Crippen molar-refractivity contribution in [2.45, 2.75) is 0 Å². The Balaban J connectivity index is 0.00000192. The number of benzene rings is 1. The van der Waals surface area contributed by atoms with Crippen LogP contribution in [0.2, 0.25) is 0 Å². The zero-order chi connectivity index (χ0) is 18.2. The Bertz CT molecular complexity index is 988. The quantitative estimate of drug-likeness (QED) is 0.607. The molecule has 0 atom stereocenters. The van der Waals surface area contributed by atoms with Crippen molar-refractivity contribution in [1.29, 1.82) is 0 Å². The molecule has 5 rings (SSSR count). The van der Waals surface area contributed by atoms with Gasteiger partial charge in [0.2, 0.25) is 5.90 Å². The van der Waals surface area contributed by atoms with E-state index in [-0.39, 0.29) is 12.4 Å². The number of piperazine rings is 1. The number of furan rings is 1. The fraction of sp³-hybridized carbons (Fsp3) is 0.316. The molecule has 0 amide bonds. The lowest BCUT2D eigenvalue weighted by atomic mass is 10.1. The summed E-state index contributed by atoms with van der Waals surface area (Å²) in [5.74, 6) is 0.882. The van der Waals surface area contributed by atoms with E-state index in [1.807, 2.05) is 18.2 Å². The number of nitrogens with one attached hydrogen (secondary N) is 1. The maximum atomic E-state index is 12.3. The lowest BCUT2D eigenvalue weighted by Gasteiger charge is -2.35. The monoisotopic (exact) mass is 401 g/mol. The minimum Gasteiger partial charge on any atom is -0.471 e. The second kappa shape index (κ2) is 7.55. The minimum absolute atomic E-state index is 0. The second-order valence-corrected chi connectivity index (χ2v) is 6.66. The third kappa shape index (κ3) is 3.31. The zero-order valence-corrected chi connectivity index (χ0v) is 15.9. The van der Waals surface area contributed by atoms with Gasteiger partial charge in [0.1, 0.15) is 0 Å². The molecule has 2 aromatic rings. The number of esters is 1. The molecule has 4 heterocycles. The fourth-order valence-electron chi connectivity index (χ4n) is 3.53. The van der Waals surface area contributed by atoms with Gasteiger partial charge in [-0.1, -0.05) is 12.1 Å². The van der Waals surface area contributed by atoms with Gasteiger partial charge in [0, 0.05) is 55.3 Å². The van der Waals surface area contributed by atoms with Gasteiger partial charge < -0.3 is 24.3 Å². The minimum atomic E-state index is -0.422. The van der Waals surface area contributed by atoms with Crippen LogP contribution in [0.5, 0.6) is 0 Å². The summed E-state index contributed by atoms with van der Waals surface area (Å²) in [4.78, 5) is 25.5. The Morgan fingerprint density at radius 3 is 2.79 bits per heavy atom. The molecule has 1 aromatic heterocycles. The summed E-state index contributed by atoms with van der Waals surface area (Å²) in [5, 5.41) is 5.12. The molecule has 146 valence electrons. The molecule has 1 N–H and O–H groups in total. The van der Waals surface area contributed by atoms with E-state index in [0.717, 1.165) is 61.6 Å². The van der Waals surface area contributed by atoms with E-state index in [1.54, 1.807) is 18.7 Å². The first-order chi connectivity index (χ1) is 13.3. The summed E-state index contributed by atoms with van der Waals surface area (Å²) in [6.45, 7) is 5.07. The van der Waals surface area contributed by atoms with Crippen LogP contribution in [-0.2, 0) is 9.53 Å². The topological polar surface area (TPSA) is 82.7 Å². The van der Waals surface area contributed by atoms with Crippen LogP contribution in [0.15, 0.2) is 57.0 Å². The standard InChI is InChI=1S/C19H19N5O3.ClH/c25-18-16(10-23-6-8-24(9-7-23)19-20-4-5-21-19)22-17(27-18)14-3-1-2-13-11-26-12-15(13)14;/h1-3,10-12H,4-9H2,(H,20,21);1H. The van der Waals surface area contributed by atoms with Crippen molar-refractivity contribution in [2.24, 2.45) is 9.98 Å². The summed E-state index contributed by atoms with van der Waals surface area (Å²) in [7, 11) is 0. The number of hydrogen-bond donors (Lipinski definition) is 1. The van der Waals surface area contributed by atoms with Crippen LogP contribution < -0.4 is 5.32 Å². The molecule has 0 aliphatic carbocycles. The third-order valence-electron chi connectivity index (χ3n) is 4.95. The number of cyclic esters (lactones) is 1. The summed E-state index contributed by atoms with van der Waals surface area (Å²) < 4.78 is 10.7. The molecule has 0 saturated carbocycles. The van der Waals surface area contributed by atoms with Crippen LogP contribution in [0.25, 0.3) is 10.8 Å². The normalized spacial score (nSPS) is 20.7. The Labute approximate surface area is 168 Å². The van der Waals surface area contributed by atoms with Gasteiger partial charge in [-0.05, 0) is 6.07 Å². The number of fused-ring (bicyclic) bond motifs is 1. The first-order valence-electron chi connectivity index (χ1n) is 9.03. The second-order valence-electron chi connectivity index (χ2n) is 6.66. The van der Waals surface area contributed by atoms with Crippen LogP contribution in [0.4, 0.5) is 0 Å². The molecule has 3 aliphatic heterocycles. The zero-order valence-electron chi connectivity index (χ0n) is 15.1. The molecule has 0 bridgehead atoms. The van der Waals surface area contributed by atoms with E-state index in [2.05, 4.69) is 25.1 Å². The molecule has 1 aromatic carbocycles. The third-order valence-corrected chi connectivity index (χ3v) is 4.95. The van der Waals surface area contributed by atoms with Gasteiger partial charge in [-0.2, -0.15) is 0 Å². The number of carbonyl (C=O) groups excluding carboxylic acids is 1. The average Bonchev–Trinajstić information content (AvgIpc) is 3.43. The highest BCUT2D eigenvalue weighted by molar-refractivity contribution is 6.16. The van der Waals surface area contributed by atoms with Crippen molar-refractivity contribution in [3.05, 3.63) is 48.2 Å². The van der Waals surface area contributed by atoms with Crippen molar-refractivity contribution in [2.75, 3.05) is 39.3 Å².